The minimum Gasteiger partial charge on any atom is -0.421 e. The molecule has 0 unspecified atom stereocenters. The van der Waals surface area contributed by atoms with E-state index in [4.69, 9.17) is 0 Å². The van der Waals surface area contributed by atoms with Gasteiger partial charge in [0.15, 0.2) is 40.1 Å². The Kier molecular flexibility index (Phi) is 14.7. The van der Waals surface area contributed by atoms with Crippen LogP contribution in [0.1, 0.15) is 0 Å². The molecule has 0 heterocycles. The normalized spacial score (nSPS) is 14.4. The molecule has 0 amide bonds. The summed E-state index contributed by atoms with van der Waals surface area (Å²) in [6.45, 7) is 0. The zero-order valence-corrected chi connectivity index (χ0v) is 21.6. The number of hydrogen-bond donors (Lipinski definition) is 0. The Hall–Kier alpha value is 0.880. The van der Waals surface area contributed by atoms with Gasteiger partial charge < -0.3 is 8.25 Å². The molecule has 28 heteroatoms. The van der Waals surface area contributed by atoms with Crippen molar-refractivity contribution in [3.05, 3.63) is 8.25 Å². The average molecular weight is 606 g/mol. The number of halogens is 12. The van der Waals surface area contributed by atoms with Crippen LogP contribution in [0, 0.1) is 0 Å². The molecule has 0 fully saturated rings. The molecule has 0 atom stereocenters. The fraction of sp³-hybridized carbons (Fsp3) is 1.00. The summed E-state index contributed by atoms with van der Waals surface area (Å²) in [5, 5.41) is 0. The predicted octanol–water partition coefficient (Wildman–Crippen LogP) is -3.87. The third kappa shape index (κ3) is 11.5. The average Bonchev–Trinajstić information content (AvgIpc) is 2.30. The van der Waals surface area contributed by atoms with Gasteiger partial charge in [-0.1, -0.05) is 0 Å². The minimum absolute atomic E-state index is 0. The Morgan fingerprint density at radius 3 is 0.500 bits per heavy atom. The van der Waals surface area contributed by atoms with E-state index in [9.17, 15) is 86.4 Å². The molecule has 0 aromatic rings. The molecule has 0 N–H and O–H groups in total. The van der Waals surface area contributed by atoms with Gasteiger partial charge in [-0.05, 0) is 0 Å². The monoisotopic (exact) mass is 606 g/mol. The molecule has 32 heavy (non-hydrogen) atoms. The van der Waals surface area contributed by atoms with E-state index < -0.39 is 62.1 Å². The Labute approximate surface area is 214 Å². The Morgan fingerprint density at radius 1 is 0.344 bits per heavy atom. The van der Waals surface area contributed by atoms with Crippen LogP contribution in [0.4, 0.5) is 52.7 Å². The van der Waals surface area contributed by atoms with Crippen molar-refractivity contribution in [1.29, 1.82) is 0 Å². The van der Waals surface area contributed by atoms with Gasteiger partial charge in [-0.25, -0.2) is 33.7 Å². The van der Waals surface area contributed by atoms with Gasteiger partial charge in [-0.15, -0.1) is 0 Å². The molecule has 0 aliphatic rings. The van der Waals surface area contributed by atoms with Crippen LogP contribution in [0.15, 0.2) is 0 Å². The molecule has 10 nitrogen and oxygen atoms in total. The van der Waals surface area contributed by atoms with Gasteiger partial charge >= 0.3 is 81.1 Å². The maximum absolute atomic E-state index is 11.4. The van der Waals surface area contributed by atoms with Crippen molar-refractivity contribution in [1.82, 2.24) is 0 Å². The van der Waals surface area contributed by atoms with Crippen LogP contribution in [0.3, 0.4) is 0 Å². The van der Waals surface area contributed by atoms with Crippen LogP contribution < -0.4 is 59.1 Å². The SMILES string of the molecule is O=S(=O)([N-]S(=O)(=O)C(F)(F)F)C(F)(F)F.O=S(=O)([N-]S(=O)(=O)C(F)(F)F)C(F)(F)F.[Na+].[Na+]. The molecule has 0 aliphatic heterocycles. The van der Waals surface area contributed by atoms with Crippen LogP contribution >= 0.6 is 0 Å². The van der Waals surface area contributed by atoms with Crippen molar-refractivity contribution >= 4 is 40.1 Å². The van der Waals surface area contributed by atoms with Gasteiger partial charge in [0.05, 0.1) is 0 Å². The first kappa shape index (κ1) is 40.1. The van der Waals surface area contributed by atoms with E-state index in [0.29, 0.717) is 0 Å². The van der Waals surface area contributed by atoms with Crippen LogP contribution in [-0.4, -0.2) is 55.7 Å². The molecule has 0 rings (SSSR count). The molecule has 0 saturated heterocycles. The Bertz CT molecular complexity index is 866. The quantitative estimate of drug-likeness (QED) is 0.232. The maximum atomic E-state index is 11.4. The van der Waals surface area contributed by atoms with E-state index in [1.54, 1.807) is 0 Å². The van der Waals surface area contributed by atoms with Crippen molar-refractivity contribution in [2.75, 3.05) is 0 Å². The van der Waals surface area contributed by atoms with Crippen LogP contribution in [0.25, 0.3) is 8.25 Å². The second-order valence-electron chi connectivity index (χ2n) is 3.83. The third-order valence-corrected chi connectivity index (χ3v) is 7.04. The van der Waals surface area contributed by atoms with E-state index >= 15 is 0 Å². The molecule has 184 valence electrons. The van der Waals surface area contributed by atoms with Crippen molar-refractivity contribution in [3.63, 3.8) is 0 Å². The molecule has 0 bridgehead atoms. The van der Waals surface area contributed by atoms with Gasteiger partial charge in [-0.3, -0.25) is 0 Å². The second-order valence-corrected chi connectivity index (χ2v) is 10.7. The zero-order valence-electron chi connectivity index (χ0n) is 14.3. The summed E-state index contributed by atoms with van der Waals surface area (Å²) in [5.74, 6) is 0. The second kappa shape index (κ2) is 11.7. The van der Waals surface area contributed by atoms with Gasteiger partial charge in [0.1, 0.15) is 0 Å². The first-order valence-corrected chi connectivity index (χ1v) is 10.9. The van der Waals surface area contributed by atoms with E-state index in [-0.39, 0.29) is 59.1 Å². The van der Waals surface area contributed by atoms with Crippen molar-refractivity contribution in [2.24, 2.45) is 0 Å². The Balaban J connectivity index is -0.000000231. The summed E-state index contributed by atoms with van der Waals surface area (Å²) in [4.78, 5) is 0. The summed E-state index contributed by atoms with van der Waals surface area (Å²) in [7, 11) is -26.9. The zero-order chi connectivity index (χ0) is 25.4. The van der Waals surface area contributed by atoms with Crippen molar-refractivity contribution in [3.8, 4) is 0 Å². The first-order valence-electron chi connectivity index (χ1n) is 5.15. The summed E-state index contributed by atoms with van der Waals surface area (Å²) in [6.07, 6.45) is 0. The fourth-order valence-corrected chi connectivity index (χ4v) is 3.85. The summed E-state index contributed by atoms with van der Waals surface area (Å²) >= 11 is 0. The van der Waals surface area contributed by atoms with E-state index in [0.717, 1.165) is 8.25 Å². The molecule has 0 aliphatic carbocycles. The molecule has 0 spiro atoms. The van der Waals surface area contributed by atoms with E-state index in [2.05, 4.69) is 0 Å². The van der Waals surface area contributed by atoms with Gasteiger partial charge in [-0.2, -0.15) is 52.7 Å². The first-order chi connectivity index (χ1) is 12.4. The summed E-state index contributed by atoms with van der Waals surface area (Å²) in [5.41, 5.74) is -24.8. The van der Waals surface area contributed by atoms with Crippen LogP contribution in [0.5, 0.6) is 0 Å². The number of alkyl halides is 12. The molecule has 0 aromatic heterocycles. The number of rotatable bonds is 4. The molecular weight excluding hydrogens is 606 g/mol. The molecular formula is C4F12N2Na2O8S4. The molecule has 0 aromatic carbocycles. The molecule has 0 saturated carbocycles. The summed E-state index contributed by atoms with van der Waals surface area (Å²) < 4.78 is 218. The standard InChI is InChI=1S/2C2F6NO4S2.2Na/c2*3-1(4,5)14(10,11)9-15(12,13)2(6,7)8;;/q2*-1;2*+1. The largest absolute Gasteiger partial charge is 1.00 e. The maximum Gasteiger partial charge on any atom is 1.00 e. The minimum atomic E-state index is -6.72. The summed E-state index contributed by atoms with van der Waals surface area (Å²) in [6, 6.07) is 0. The smallest absolute Gasteiger partial charge is 0.421 e. The van der Waals surface area contributed by atoms with Crippen LogP contribution in [-0.2, 0) is 40.1 Å². The van der Waals surface area contributed by atoms with Crippen molar-refractivity contribution in [2.45, 2.75) is 22.0 Å². The van der Waals surface area contributed by atoms with E-state index in [1.165, 1.54) is 0 Å². The van der Waals surface area contributed by atoms with Crippen LogP contribution in [0.2, 0.25) is 0 Å². The third-order valence-electron chi connectivity index (χ3n) is 1.56. The molecule has 0 radical (unpaired) electrons. The topological polar surface area (TPSA) is 165 Å². The van der Waals surface area contributed by atoms with E-state index in [1.807, 2.05) is 0 Å². The fourth-order valence-electron chi connectivity index (χ4n) is 0.427. The van der Waals surface area contributed by atoms with Crippen molar-refractivity contribution < 1.29 is 145 Å². The number of nitrogens with zero attached hydrogens (tertiary/aromatic N) is 2. The van der Waals surface area contributed by atoms with Gasteiger partial charge in [0, 0.05) is 0 Å². The van der Waals surface area contributed by atoms with Gasteiger partial charge in [0.25, 0.3) is 0 Å². The predicted molar refractivity (Wildman–Crippen MR) is 66.6 cm³/mol. The van der Waals surface area contributed by atoms with Gasteiger partial charge in [0.2, 0.25) is 0 Å². The Morgan fingerprint density at radius 2 is 0.438 bits per heavy atom. The number of sulfonamides is 4. The number of hydrogen-bond acceptors (Lipinski definition) is 8.